The summed E-state index contributed by atoms with van der Waals surface area (Å²) in [6.07, 6.45) is 1.67. The Morgan fingerprint density at radius 3 is 2.41 bits per heavy atom. The SMILES string of the molecule is Cc1ccc(NC(=O)CN2C(=O)N/C(=C\c3cc(C)n(-c4cccc(C)c4C)c3C)C2=O)cc1. The van der Waals surface area contributed by atoms with Gasteiger partial charge < -0.3 is 15.2 Å². The third-order valence-corrected chi connectivity index (χ3v) is 6.19. The zero-order chi connectivity index (χ0) is 24.6. The van der Waals surface area contributed by atoms with Crippen molar-refractivity contribution in [3.8, 4) is 5.69 Å². The minimum Gasteiger partial charge on any atom is -0.325 e. The van der Waals surface area contributed by atoms with Crippen LogP contribution in [0.3, 0.4) is 0 Å². The average Bonchev–Trinajstić information content (AvgIpc) is 3.21. The number of carbonyl (C=O) groups excluding carboxylic acids is 3. The molecule has 1 fully saturated rings. The van der Waals surface area contributed by atoms with Crippen molar-refractivity contribution in [1.29, 1.82) is 0 Å². The molecule has 174 valence electrons. The van der Waals surface area contributed by atoms with Crippen LogP contribution in [0.2, 0.25) is 0 Å². The second-order valence-corrected chi connectivity index (χ2v) is 8.67. The third kappa shape index (κ3) is 4.37. The number of imide groups is 1. The molecule has 4 rings (SSSR count). The van der Waals surface area contributed by atoms with E-state index < -0.39 is 17.8 Å². The van der Waals surface area contributed by atoms with Crippen molar-refractivity contribution in [2.24, 2.45) is 0 Å². The predicted octanol–water partition coefficient (Wildman–Crippen LogP) is 4.55. The molecule has 0 unspecified atom stereocenters. The molecule has 0 radical (unpaired) electrons. The molecule has 1 saturated heterocycles. The number of rotatable bonds is 5. The minimum atomic E-state index is -0.612. The molecular formula is C27H28N4O3. The summed E-state index contributed by atoms with van der Waals surface area (Å²) < 4.78 is 2.14. The lowest BCUT2D eigenvalue weighted by molar-refractivity contribution is -0.127. The number of urea groups is 1. The molecule has 3 aromatic rings. The Morgan fingerprint density at radius 1 is 1.00 bits per heavy atom. The monoisotopic (exact) mass is 456 g/mol. The smallest absolute Gasteiger partial charge is 0.325 e. The fourth-order valence-corrected chi connectivity index (χ4v) is 4.13. The van der Waals surface area contributed by atoms with Crippen LogP contribution < -0.4 is 10.6 Å². The van der Waals surface area contributed by atoms with Gasteiger partial charge in [0.25, 0.3) is 5.91 Å². The van der Waals surface area contributed by atoms with E-state index >= 15 is 0 Å². The zero-order valence-corrected chi connectivity index (χ0v) is 20.0. The van der Waals surface area contributed by atoms with Crippen molar-refractivity contribution in [2.45, 2.75) is 34.6 Å². The van der Waals surface area contributed by atoms with E-state index in [-0.39, 0.29) is 12.2 Å². The molecule has 1 aliphatic heterocycles. The lowest BCUT2D eigenvalue weighted by atomic mass is 10.1. The Bertz CT molecular complexity index is 1330. The second-order valence-electron chi connectivity index (χ2n) is 8.67. The van der Waals surface area contributed by atoms with Crippen molar-refractivity contribution >= 4 is 29.6 Å². The van der Waals surface area contributed by atoms with E-state index in [4.69, 9.17) is 0 Å². The first kappa shape index (κ1) is 23.0. The van der Waals surface area contributed by atoms with Crippen molar-refractivity contribution in [3.63, 3.8) is 0 Å². The number of carbonyl (C=O) groups is 3. The van der Waals surface area contributed by atoms with Gasteiger partial charge in [-0.25, -0.2) is 9.69 Å². The van der Waals surface area contributed by atoms with Crippen molar-refractivity contribution < 1.29 is 14.4 Å². The fraction of sp³-hybridized carbons (Fsp3) is 0.222. The van der Waals surface area contributed by atoms with Crippen molar-refractivity contribution in [1.82, 2.24) is 14.8 Å². The summed E-state index contributed by atoms with van der Waals surface area (Å²) in [6, 6.07) is 14.8. The highest BCUT2D eigenvalue weighted by molar-refractivity contribution is 6.16. The summed E-state index contributed by atoms with van der Waals surface area (Å²) in [5, 5.41) is 5.32. The quantitative estimate of drug-likeness (QED) is 0.436. The van der Waals surface area contributed by atoms with Gasteiger partial charge in [-0.2, -0.15) is 0 Å². The van der Waals surface area contributed by atoms with E-state index in [0.29, 0.717) is 5.69 Å². The van der Waals surface area contributed by atoms with Gasteiger partial charge in [-0.15, -0.1) is 0 Å². The van der Waals surface area contributed by atoms with Gasteiger partial charge in [0.15, 0.2) is 0 Å². The lowest BCUT2D eigenvalue weighted by Gasteiger charge is -2.14. The fourth-order valence-electron chi connectivity index (χ4n) is 4.13. The topological polar surface area (TPSA) is 83.4 Å². The van der Waals surface area contributed by atoms with Gasteiger partial charge in [-0.3, -0.25) is 9.59 Å². The van der Waals surface area contributed by atoms with Gasteiger partial charge >= 0.3 is 6.03 Å². The van der Waals surface area contributed by atoms with Crippen molar-refractivity contribution in [2.75, 3.05) is 11.9 Å². The van der Waals surface area contributed by atoms with Crippen molar-refractivity contribution in [3.05, 3.63) is 87.9 Å². The van der Waals surface area contributed by atoms with Crippen LogP contribution in [0.15, 0.2) is 54.2 Å². The van der Waals surface area contributed by atoms with Gasteiger partial charge in [0, 0.05) is 22.8 Å². The molecule has 2 heterocycles. The highest BCUT2D eigenvalue weighted by Crippen LogP contribution is 2.27. The van der Waals surface area contributed by atoms with Crippen LogP contribution in [0.25, 0.3) is 11.8 Å². The number of nitrogens with zero attached hydrogens (tertiary/aromatic N) is 2. The van der Waals surface area contributed by atoms with Gasteiger partial charge in [0.05, 0.1) is 0 Å². The molecule has 7 nitrogen and oxygen atoms in total. The Morgan fingerprint density at radius 2 is 1.71 bits per heavy atom. The summed E-state index contributed by atoms with van der Waals surface area (Å²) in [6.45, 7) is 9.74. The molecule has 4 amide bonds. The third-order valence-electron chi connectivity index (χ3n) is 6.19. The van der Waals surface area contributed by atoms with E-state index in [9.17, 15) is 14.4 Å². The first-order valence-electron chi connectivity index (χ1n) is 11.1. The summed E-state index contributed by atoms with van der Waals surface area (Å²) in [5.74, 6) is -0.970. The first-order chi connectivity index (χ1) is 16.2. The molecule has 7 heteroatoms. The van der Waals surface area contributed by atoms with Crippen LogP contribution in [-0.4, -0.2) is 33.9 Å². The number of benzene rings is 2. The summed E-state index contributed by atoms with van der Waals surface area (Å²) >= 11 is 0. The summed E-state index contributed by atoms with van der Waals surface area (Å²) in [5.41, 5.74) is 8.08. The van der Waals surface area contributed by atoms with E-state index in [1.54, 1.807) is 18.2 Å². The van der Waals surface area contributed by atoms with Gasteiger partial charge in [0.1, 0.15) is 12.2 Å². The molecule has 0 atom stereocenters. The molecule has 34 heavy (non-hydrogen) atoms. The Balaban J connectivity index is 1.55. The van der Waals surface area contributed by atoms with Gasteiger partial charge in [-0.1, -0.05) is 29.8 Å². The van der Waals surface area contributed by atoms with Crippen LogP contribution in [0.4, 0.5) is 10.5 Å². The molecule has 1 aromatic heterocycles. The maximum atomic E-state index is 12.9. The number of aromatic nitrogens is 1. The Labute approximate surface area is 199 Å². The van der Waals surface area contributed by atoms with Crippen LogP contribution in [0, 0.1) is 34.6 Å². The minimum absolute atomic E-state index is 0.148. The van der Waals surface area contributed by atoms with E-state index in [1.807, 2.05) is 45.0 Å². The van der Waals surface area contributed by atoms with Gasteiger partial charge in [0.2, 0.25) is 5.91 Å². The Kier molecular flexibility index (Phi) is 6.11. The maximum absolute atomic E-state index is 12.9. The molecule has 2 aromatic carbocycles. The number of hydrogen-bond donors (Lipinski definition) is 2. The number of anilines is 1. The van der Waals surface area contributed by atoms with Crippen LogP contribution in [-0.2, 0) is 9.59 Å². The summed E-state index contributed by atoms with van der Waals surface area (Å²) in [7, 11) is 0. The van der Waals surface area contributed by atoms with E-state index in [1.165, 1.54) is 11.1 Å². The number of hydrogen-bond acceptors (Lipinski definition) is 3. The van der Waals surface area contributed by atoms with Crippen LogP contribution in [0.1, 0.15) is 33.6 Å². The molecule has 1 aliphatic rings. The molecule has 0 bridgehead atoms. The highest BCUT2D eigenvalue weighted by Gasteiger charge is 2.35. The first-order valence-corrected chi connectivity index (χ1v) is 11.1. The molecule has 2 N–H and O–H groups in total. The van der Waals surface area contributed by atoms with Crippen LogP contribution >= 0.6 is 0 Å². The average molecular weight is 457 g/mol. The maximum Gasteiger partial charge on any atom is 0.329 e. The second kappa shape index (κ2) is 9.02. The molecule has 0 saturated carbocycles. The predicted molar refractivity (Wildman–Crippen MR) is 133 cm³/mol. The summed E-state index contributed by atoms with van der Waals surface area (Å²) in [4.78, 5) is 38.7. The van der Waals surface area contributed by atoms with E-state index in [2.05, 4.69) is 41.2 Å². The van der Waals surface area contributed by atoms with E-state index in [0.717, 1.165) is 33.1 Å². The molecule has 0 aliphatic carbocycles. The number of aryl methyl sites for hydroxylation is 3. The Hall–Kier alpha value is -4.13. The normalized spacial score (nSPS) is 14.6. The molecule has 0 spiro atoms. The molecular weight excluding hydrogens is 428 g/mol. The zero-order valence-electron chi connectivity index (χ0n) is 20.0. The number of nitrogens with one attached hydrogen (secondary N) is 2. The highest BCUT2D eigenvalue weighted by atomic mass is 16.2. The van der Waals surface area contributed by atoms with Gasteiger partial charge in [-0.05, 0) is 81.7 Å². The largest absolute Gasteiger partial charge is 0.329 e. The number of amides is 4. The van der Waals surface area contributed by atoms with Crippen LogP contribution in [0.5, 0.6) is 0 Å². The standard InChI is InChI=1S/C27H28N4O3/c1-16-9-11-22(12-10-16)28-25(32)15-30-26(33)23(29-27(30)34)14-21-13-18(3)31(20(21)5)24-8-6-7-17(2)19(24)4/h6-14H,15H2,1-5H3,(H,28,32)(H,29,34)/b23-14-. The lowest BCUT2D eigenvalue weighted by Crippen LogP contribution is -2.38.